The zero-order valence-corrected chi connectivity index (χ0v) is 17.3. The Morgan fingerprint density at radius 1 is 1.14 bits per heavy atom. The van der Waals surface area contributed by atoms with E-state index < -0.39 is 15.9 Å². The van der Waals surface area contributed by atoms with Crippen molar-refractivity contribution in [2.24, 2.45) is 10.2 Å². The Kier molecular flexibility index (Phi) is 6.53. The third kappa shape index (κ3) is 5.33. The Morgan fingerprint density at radius 3 is 2.38 bits per heavy atom. The van der Waals surface area contributed by atoms with E-state index >= 15 is 0 Å². The van der Waals surface area contributed by atoms with Crippen molar-refractivity contribution in [1.82, 2.24) is 5.43 Å². The predicted octanol–water partition coefficient (Wildman–Crippen LogP) is 1.98. The number of hydrogen-bond acceptors (Lipinski definition) is 6. The smallest absolute Gasteiger partial charge is 0.271 e. The average Bonchev–Trinajstić information content (AvgIpc) is 2.72. The number of anilines is 1. The molecule has 0 saturated carbocycles. The standard InChI is InChI=1S/C19H21ClN4O4S/c1-13(14-2-5-16(6-3-14)24-8-10-28-11-9-24)22-23-19(25)15-4-7-17(20)18(12-15)29(21,26)27/h2-7,12H,8-11H2,1H3,(H,23,25)(H2,21,26,27)/b22-13+. The van der Waals surface area contributed by atoms with Gasteiger partial charge in [0.25, 0.3) is 5.91 Å². The molecular formula is C19H21ClN4O4S. The summed E-state index contributed by atoms with van der Waals surface area (Å²) in [7, 11) is -4.04. The Hall–Kier alpha value is -2.46. The molecule has 154 valence electrons. The fourth-order valence-electron chi connectivity index (χ4n) is 2.86. The summed E-state index contributed by atoms with van der Waals surface area (Å²) in [5.74, 6) is -0.573. The van der Waals surface area contributed by atoms with Crippen molar-refractivity contribution in [3.8, 4) is 0 Å². The largest absolute Gasteiger partial charge is 0.378 e. The molecule has 1 aliphatic heterocycles. The van der Waals surface area contributed by atoms with Crippen molar-refractivity contribution in [3.05, 3.63) is 58.6 Å². The molecule has 0 radical (unpaired) electrons. The zero-order valence-electron chi connectivity index (χ0n) is 15.8. The number of morpholine rings is 1. The lowest BCUT2D eigenvalue weighted by Gasteiger charge is -2.28. The lowest BCUT2D eigenvalue weighted by Crippen LogP contribution is -2.36. The molecule has 2 aromatic rings. The van der Waals surface area contributed by atoms with Gasteiger partial charge in [0.05, 0.1) is 23.9 Å². The fourth-order valence-corrected chi connectivity index (χ4v) is 3.93. The predicted molar refractivity (Wildman–Crippen MR) is 112 cm³/mol. The van der Waals surface area contributed by atoms with E-state index in [0.717, 1.165) is 30.4 Å². The van der Waals surface area contributed by atoms with E-state index in [-0.39, 0.29) is 15.5 Å². The first kappa shape index (κ1) is 21.3. The Morgan fingerprint density at radius 2 is 1.76 bits per heavy atom. The number of hydrazone groups is 1. The zero-order chi connectivity index (χ0) is 21.0. The molecule has 8 nitrogen and oxygen atoms in total. The molecular weight excluding hydrogens is 416 g/mol. The second kappa shape index (κ2) is 8.91. The van der Waals surface area contributed by atoms with E-state index in [1.54, 1.807) is 6.92 Å². The van der Waals surface area contributed by atoms with Gasteiger partial charge in [-0.1, -0.05) is 23.7 Å². The third-order valence-corrected chi connectivity index (χ3v) is 5.88. The van der Waals surface area contributed by atoms with Crippen LogP contribution in [0.3, 0.4) is 0 Å². The van der Waals surface area contributed by atoms with Crippen LogP contribution in [0.15, 0.2) is 52.5 Å². The molecule has 0 aliphatic carbocycles. The topological polar surface area (TPSA) is 114 Å². The second-order valence-electron chi connectivity index (χ2n) is 6.47. The van der Waals surface area contributed by atoms with Gasteiger partial charge in [0, 0.05) is 24.3 Å². The summed E-state index contributed by atoms with van der Waals surface area (Å²) in [6.07, 6.45) is 0. The van der Waals surface area contributed by atoms with Crippen LogP contribution in [0.25, 0.3) is 0 Å². The van der Waals surface area contributed by atoms with E-state index in [9.17, 15) is 13.2 Å². The van der Waals surface area contributed by atoms with E-state index in [1.165, 1.54) is 12.1 Å². The molecule has 1 aliphatic rings. The molecule has 29 heavy (non-hydrogen) atoms. The molecule has 0 atom stereocenters. The maximum Gasteiger partial charge on any atom is 0.271 e. The highest BCUT2D eigenvalue weighted by atomic mass is 35.5. The van der Waals surface area contributed by atoms with E-state index in [0.29, 0.717) is 18.9 Å². The van der Waals surface area contributed by atoms with Gasteiger partial charge < -0.3 is 9.64 Å². The van der Waals surface area contributed by atoms with Gasteiger partial charge in [-0.2, -0.15) is 5.10 Å². The number of ether oxygens (including phenoxy) is 1. The highest BCUT2D eigenvalue weighted by molar-refractivity contribution is 7.89. The van der Waals surface area contributed by atoms with Gasteiger partial charge in [-0.05, 0) is 42.8 Å². The minimum absolute atomic E-state index is 0.0518. The normalized spacial score (nSPS) is 15.3. The maximum absolute atomic E-state index is 12.3. The number of nitrogens with zero attached hydrogens (tertiary/aromatic N) is 2. The van der Waals surface area contributed by atoms with Crippen molar-refractivity contribution in [1.29, 1.82) is 0 Å². The highest BCUT2D eigenvalue weighted by Crippen LogP contribution is 2.21. The number of amides is 1. The molecule has 0 aromatic heterocycles. The fraction of sp³-hybridized carbons (Fsp3) is 0.263. The van der Waals surface area contributed by atoms with Gasteiger partial charge >= 0.3 is 0 Å². The number of benzene rings is 2. The maximum atomic E-state index is 12.3. The minimum atomic E-state index is -4.04. The Balaban J connectivity index is 1.70. The van der Waals surface area contributed by atoms with Crippen LogP contribution in [0.5, 0.6) is 0 Å². The van der Waals surface area contributed by atoms with E-state index in [2.05, 4.69) is 15.4 Å². The van der Waals surface area contributed by atoms with Gasteiger partial charge in [0.15, 0.2) is 0 Å². The van der Waals surface area contributed by atoms with Gasteiger partial charge in [-0.3, -0.25) is 4.79 Å². The summed E-state index contributed by atoms with van der Waals surface area (Å²) in [5.41, 5.74) is 5.05. The number of hydrogen-bond donors (Lipinski definition) is 2. The van der Waals surface area contributed by atoms with Crippen LogP contribution in [-0.2, 0) is 14.8 Å². The first-order valence-corrected chi connectivity index (χ1v) is 10.8. The molecule has 10 heteroatoms. The molecule has 0 bridgehead atoms. The van der Waals surface area contributed by atoms with Gasteiger partial charge in [-0.15, -0.1) is 0 Å². The van der Waals surface area contributed by atoms with Gasteiger partial charge in [0.2, 0.25) is 10.0 Å². The van der Waals surface area contributed by atoms with Crippen molar-refractivity contribution in [2.45, 2.75) is 11.8 Å². The number of nitrogens with one attached hydrogen (secondary N) is 1. The quantitative estimate of drug-likeness (QED) is 0.549. The summed E-state index contributed by atoms with van der Waals surface area (Å²) < 4.78 is 28.4. The molecule has 1 heterocycles. The first-order chi connectivity index (χ1) is 13.8. The van der Waals surface area contributed by atoms with E-state index in [4.69, 9.17) is 21.5 Å². The summed E-state index contributed by atoms with van der Waals surface area (Å²) in [4.78, 5) is 14.2. The van der Waals surface area contributed by atoms with Crippen LogP contribution < -0.4 is 15.5 Å². The number of carbonyl (C=O) groups excluding carboxylic acids is 1. The van der Waals surface area contributed by atoms with Crippen molar-refractivity contribution in [3.63, 3.8) is 0 Å². The van der Waals surface area contributed by atoms with Crippen LogP contribution in [-0.4, -0.2) is 46.3 Å². The van der Waals surface area contributed by atoms with Crippen LogP contribution in [0.1, 0.15) is 22.8 Å². The number of halogens is 1. The number of sulfonamides is 1. The van der Waals surface area contributed by atoms with Gasteiger partial charge in [0.1, 0.15) is 4.90 Å². The van der Waals surface area contributed by atoms with Crippen LogP contribution in [0.2, 0.25) is 5.02 Å². The lowest BCUT2D eigenvalue weighted by molar-refractivity contribution is 0.0954. The minimum Gasteiger partial charge on any atom is -0.378 e. The highest BCUT2D eigenvalue weighted by Gasteiger charge is 2.16. The van der Waals surface area contributed by atoms with Crippen LogP contribution in [0, 0.1) is 0 Å². The Labute approximate surface area is 174 Å². The van der Waals surface area contributed by atoms with Crippen LogP contribution >= 0.6 is 11.6 Å². The molecule has 0 unspecified atom stereocenters. The summed E-state index contributed by atoms with van der Waals surface area (Å²) in [6, 6.07) is 11.7. The number of carbonyl (C=O) groups is 1. The van der Waals surface area contributed by atoms with Crippen molar-refractivity contribution in [2.75, 3.05) is 31.2 Å². The summed E-state index contributed by atoms with van der Waals surface area (Å²) >= 11 is 5.83. The molecule has 1 fully saturated rings. The van der Waals surface area contributed by atoms with Gasteiger partial charge in [-0.25, -0.2) is 19.0 Å². The monoisotopic (exact) mass is 436 g/mol. The summed E-state index contributed by atoms with van der Waals surface area (Å²) in [5, 5.41) is 9.15. The van der Waals surface area contributed by atoms with E-state index in [1.807, 2.05) is 24.3 Å². The SMILES string of the molecule is C/C(=N\NC(=O)c1ccc(Cl)c(S(N)(=O)=O)c1)c1ccc(N2CCOCC2)cc1. The molecule has 0 spiro atoms. The van der Waals surface area contributed by atoms with Crippen molar-refractivity contribution < 1.29 is 17.9 Å². The molecule has 3 rings (SSSR count). The molecule has 1 amide bonds. The number of nitrogens with two attached hydrogens (primary N) is 1. The molecule has 3 N–H and O–H groups in total. The number of rotatable bonds is 5. The summed E-state index contributed by atoms with van der Waals surface area (Å²) in [6.45, 7) is 4.90. The number of primary sulfonamides is 1. The average molecular weight is 437 g/mol. The van der Waals surface area contributed by atoms with Crippen molar-refractivity contribution >= 4 is 38.9 Å². The second-order valence-corrected chi connectivity index (χ2v) is 8.41. The molecule has 2 aromatic carbocycles. The van der Waals surface area contributed by atoms with Crippen LogP contribution in [0.4, 0.5) is 5.69 Å². The first-order valence-electron chi connectivity index (χ1n) is 8.86. The lowest BCUT2D eigenvalue weighted by atomic mass is 10.1. The Bertz CT molecular complexity index is 1030. The third-order valence-electron chi connectivity index (χ3n) is 4.49. The molecule has 1 saturated heterocycles.